The number of amides is 1. The summed E-state index contributed by atoms with van der Waals surface area (Å²) in [6.45, 7) is 2.07. The van der Waals surface area contributed by atoms with E-state index in [0.717, 1.165) is 44.6 Å². The van der Waals surface area contributed by atoms with Crippen LogP contribution < -0.4 is 4.90 Å². The molecule has 4 nitrogen and oxygen atoms in total. The zero-order valence-corrected chi connectivity index (χ0v) is 13.2. The van der Waals surface area contributed by atoms with Crippen LogP contribution in [0.5, 0.6) is 0 Å². The molecule has 0 aromatic carbocycles. The van der Waals surface area contributed by atoms with E-state index >= 15 is 0 Å². The first kappa shape index (κ1) is 16.4. The molecule has 2 fully saturated rings. The summed E-state index contributed by atoms with van der Waals surface area (Å²) in [5.74, 6) is 0.285. The summed E-state index contributed by atoms with van der Waals surface area (Å²) < 4.78 is 38.1. The molecule has 1 atom stereocenters. The van der Waals surface area contributed by atoms with Gasteiger partial charge in [-0.2, -0.15) is 13.2 Å². The Morgan fingerprint density at radius 1 is 1.22 bits per heavy atom. The number of hydrogen-bond acceptors (Lipinski definition) is 3. The molecular formula is C15H17ClF3N3O. The molecule has 0 N–H and O–H groups in total. The number of nitrogens with zero attached hydrogens (tertiary/aromatic N) is 3. The number of anilines is 1. The average Bonchev–Trinajstić information content (AvgIpc) is 3.17. The molecule has 3 rings (SSSR count). The Bertz CT molecular complexity index is 602. The van der Waals surface area contributed by atoms with Crippen molar-refractivity contribution in [2.45, 2.75) is 37.9 Å². The van der Waals surface area contributed by atoms with E-state index in [1.165, 1.54) is 0 Å². The molecule has 0 spiro atoms. The summed E-state index contributed by atoms with van der Waals surface area (Å²) >= 11 is 6.02. The van der Waals surface area contributed by atoms with Crippen LogP contribution in [0, 0.1) is 0 Å². The van der Waals surface area contributed by atoms with Crippen LogP contribution in [0.2, 0.25) is 5.02 Å². The second-order valence-electron chi connectivity index (χ2n) is 5.91. The molecule has 0 bridgehead atoms. The summed E-state index contributed by atoms with van der Waals surface area (Å²) in [4.78, 5) is 20.1. The topological polar surface area (TPSA) is 36.4 Å². The van der Waals surface area contributed by atoms with Crippen molar-refractivity contribution in [2.24, 2.45) is 0 Å². The van der Waals surface area contributed by atoms with Crippen LogP contribution in [0.15, 0.2) is 12.3 Å². The van der Waals surface area contributed by atoms with E-state index < -0.39 is 11.7 Å². The molecule has 8 heteroatoms. The molecule has 0 radical (unpaired) electrons. The monoisotopic (exact) mass is 347 g/mol. The fourth-order valence-corrected chi connectivity index (χ4v) is 3.50. The third-order valence-electron chi connectivity index (χ3n) is 4.38. The number of rotatable bonds is 2. The van der Waals surface area contributed by atoms with E-state index in [1.807, 2.05) is 4.90 Å². The molecule has 0 aliphatic carbocycles. The molecule has 0 saturated carbocycles. The SMILES string of the molecule is O=C([C@@H]1CCCN1c1ncc(C(F)(F)F)cc1Cl)N1CCCC1. The van der Waals surface area contributed by atoms with Gasteiger partial charge in [-0.1, -0.05) is 11.6 Å². The lowest BCUT2D eigenvalue weighted by atomic mass is 10.2. The predicted molar refractivity (Wildman–Crippen MR) is 80.4 cm³/mol. The minimum atomic E-state index is -4.48. The summed E-state index contributed by atoms with van der Waals surface area (Å²) in [6.07, 6.45) is -0.241. The third kappa shape index (κ3) is 3.24. The van der Waals surface area contributed by atoms with Crippen molar-refractivity contribution in [1.82, 2.24) is 9.88 Å². The van der Waals surface area contributed by atoms with Gasteiger partial charge in [0.1, 0.15) is 11.9 Å². The number of alkyl halides is 3. The molecule has 1 aromatic rings. The molecule has 23 heavy (non-hydrogen) atoms. The second kappa shape index (κ2) is 6.19. The van der Waals surface area contributed by atoms with Gasteiger partial charge >= 0.3 is 6.18 Å². The molecular weight excluding hydrogens is 331 g/mol. The van der Waals surface area contributed by atoms with Crippen LogP contribution in [0.3, 0.4) is 0 Å². The van der Waals surface area contributed by atoms with Gasteiger partial charge in [0, 0.05) is 25.8 Å². The fourth-order valence-electron chi connectivity index (χ4n) is 3.22. The number of carbonyl (C=O) groups excluding carboxylic acids is 1. The fraction of sp³-hybridized carbons (Fsp3) is 0.600. The lowest BCUT2D eigenvalue weighted by Crippen LogP contribution is -2.45. The van der Waals surface area contributed by atoms with E-state index in [1.54, 1.807) is 4.90 Å². The molecule has 1 aromatic heterocycles. The van der Waals surface area contributed by atoms with Gasteiger partial charge in [-0.3, -0.25) is 4.79 Å². The second-order valence-corrected chi connectivity index (χ2v) is 6.32. The van der Waals surface area contributed by atoms with E-state index in [0.29, 0.717) is 13.0 Å². The highest BCUT2D eigenvalue weighted by atomic mass is 35.5. The molecule has 2 aliphatic rings. The van der Waals surface area contributed by atoms with Crippen molar-refractivity contribution in [1.29, 1.82) is 0 Å². The zero-order valence-electron chi connectivity index (χ0n) is 12.4. The molecule has 1 amide bonds. The van der Waals surface area contributed by atoms with Crippen molar-refractivity contribution in [3.63, 3.8) is 0 Å². The first-order valence-corrected chi connectivity index (χ1v) is 8.04. The van der Waals surface area contributed by atoms with Crippen molar-refractivity contribution < 1.29 is 18.0 Å². The Labute approximate surface area is 137 Å². The van der Waals surface area contributed by atoms with Gasteiger partial charge in [0.15, 0.2) is 0 Å². The predicted octanol–water partition coefficient (Wildman–Crippen LogP) is 3.35. The van der Waals surface area contributed by atoms with Crippen molar-refractivity contribution >= 4 is 23.3 Å². The minimum absolute atomic E-state index is 0.0257. The highest BCUT2D eigenvalue weighted by Gasteiger charge is 2.37. The van der Waals surface area contributed by atoms with Gasteiger partial charge in [0.25, 0.3) is 0 Å². The van der Waals surface area contributed by atoms with Gasteiger partial charge in [-0.25, -0.2) is 4.98 Å². The minimum Gasteiger partial charge on any atom is -0.343 e. The largest absolute Gasteiger partial charge is 0.417 e. The van der Waals surface area contributed by atoms with E-state index in [9.17, 15) is 18.0 Å². The smallest absolute Gasteiger partial charge is 0.343 e. The standard InChI is InChI=1S/C15H17ClF3N3O/c16-11-8-10(15(17,18)19)9-20-13(11)22-7-3-4-12(22)14(23)21-5-1-2-6-21/h8-9,12H,1-7H2/t12-/m0/s1. The van der Waals surface area contributed by atoms with Crippen LogP contribution in [0.4, 0.5) is 19.0 Å². The lowest BCUT2D eigenvalue weighted by molar-refractivity contribution is -0.138. The number of pyridine rings is 1. The Kier molecular flexibility index (Phi) is 4.40. The number of aromatic nitrogens is 1. The third-order valence-corrected chi connectivity index (χ3v) is 4.65. The number of halogens is 4. The first-order valence-electron chi connectivity index (χ1n) is 7.66. The van der Waals surface area contributed by atoms with Crippen LogP contribution in [0.1, 0.15) is 31.2 Å². The van der Waals surface area contributed by atoms with Gasteiger partial charge < -0.3 is 9.80 Å². The van der Waals surface area contributed by atoms with Gasteiger partial charge in [-0.05, 0) is 31.7 Å². The highest BCUT2D eigenvalue weighted by molar-refractivity contribution is 6.33. The Balaban J connectivity index is 1.83. The van der Waals surface area contributed by atoms with Crippen molar-refractivity contribution in [3.05, 3.63) is 22.8 Å². The van der Waals surface area contributed by atoms with Crippen LogP contribution in [-0.2, 0) is 11.0 Å². The summed E-state index contributed by atoms with van der Waals surface area (Å²) in [6, 6.07) is 0.495. The van der Waals surface area contributed by atoms with Crippen molar-refractivity contribution in [3.8, 4) is 0 Å². The van der Waals surface area contributed by atoms with E-state index in [2.05, 4.69) is 4.98 Å². The van der Waals surface area contributed by atoms with Gasteiger partial charge in [-0.15, -0.1) is 0 Å². The number of hydrogen-bond donors (Lipinski definition) is 0. The van der Waals surface area contributed by atoms with Crippen LogP contribution in [-0.4, -0.2) is 41.5 Å². The maximum absolute atomic E-state index is 12.7. The Morgan fingerprint density at radius 3 is 2.52 bits per heavy atom. The maximum Gasteiger partial charge on any atom is 0.417 e. The Morgan fingerprint density at radius 2 is 1.91 bits per heavy atom. The normalized spacial score (nSPS) is 22.0. The summed E-state index contributed by atoms with van der Waals surface area (Å²) in [7, 11) is 0. The molecule has 0 unspecified atom stereocenters. The van der Waals surface area contributed by atoms with Gasteiger partial charge in [0.05, 0.1) is 10.6 Å². The average molecular weight is 348 g/mol. The van der Waals surface area contributed by atoms with Crippen molar-refractivity contribution in [2.75, 3.05) is 24.5 Å². The Hall–Kier alpha value is -1.50. The molecule has 126 valence electrons. The quantitative estimate of drug-likeness (QED) is 0.823. The van der Waals surface area contributed by atoms with Crippen LogP contribution in [0.25, 0.3) is 0 Å². The van der Waals surface area contributed by atoms with E-state index in [4.69, 9.17) is 11.6 Å². The maximum atomic E-state index is 12.7. The lowest BCUT2D eigenvalue weighted by Gasteiger charge is -2.29. The van der Waals surface area contributed by atoms with E-state index in [-0.39, 0.29) is 22.8 Å². The van der Waals surface area contributed by atoms with Gasteiger partial charge in [0.2, 0.25) is 5.91 Å². The first-order chi connectivity index (χ1) is 10.9. The highest BCUT2D eigenvalue weighted by Crippen LogP contribution is 2.36. The summed E-state index contributed by atoms with van der Waals surface area (Å²) in [5.41, 5.74) is -0.882. The molecule has 2 saturated heterocycles. The molecule has 2 aliphatic heterocycles. The molecule has 3 heterocycles. The zero-order chi connectivity index (χ0) is 16.6. The summed E-state index contributed by atoms with van der Waals surface area (Å²) in [5, 5.41) is -0.0686. The van der Waals surface area contributed by atoms with Crippen LogP contribution >= 0.6 is 11.6 Å². The number of carbonyl (C=O) groups is 1. The number of likely N-dealkylation sites (tertiary alicyclic amines) is 1.